The molecule has 0 spiro atoms. The predicted octanol–water partition coefficient (Wildman–Crippen LogP) is 6.37. The smallest absolute Gasteiger partial charge is 0.254 e. The third kappa shape index (κ3) is 4.91. The SMILES string of the molecule is O=C(c1ccc(Br)cc1)N(CCc1ccc(Cl)cc1Cl)Cc1ccc2c(c1)OCO2. The van der Waals surface area contributed by atoms with Gasteiger partial charge in [0.05, 0.1) is 0 Å². The number of ether oxygens (including phenoxy) is 2. The maximum absolute atomic E-state index is 13.3. The molecule has 4 nitrogen and oxygen atoms in total. The number of benzene rings is 3. The van der Waals surface area contributed by atoms with Crippen LogP contribution in [0.25, 0.3) is 0 Å². The normalized spacial score (nSPS) is 12.1. The van der Waals surface area contributed by atoms with Gasteiger partial charge in [-0.2, -0.15) is 0 Å². The molecule has 3 aromatic carbocycles. The van der Waals surface area contributed by atoms with Crippen molar-refractivity contribution in [3.05, 3.63) is 91.9 Å². The van der Waals surface area contributed by atoms with Crippen LogP contribution in [-0.4, -0.2) is 24.1 Å². The number of carbonyl (C=O) groups is 1. The van der Waals surface area contributed by atoms with Gasteiger partial charge in [0.2, 0.25) is 6.79 Å². The van der Waals surface area contributed by atoms with Gasteiger partial charge in [0.15, 0.2) is 11.5 Å². The molecule has 154 valence electrons. The molecule has 0 N–H and O–H groups in total. The molecule has 0 fully saturated rings. The summed E-state index contributed by atoms with van der Waals surface area (Å²) in [6.07, 6.45) is 0.614. The van der Waals surface area contributed by atoms with Crippen LogP contribution in [-0.2, 0) is 13.0 Å². The minimum atomic E-state index is -0.0507. The van der Waals surface area contributed by atoms with Crippen molar-refractivity contribution in [1.29, 1.82) is 0 Å². The zero-order chi connectivity index (χ0) is 21.1. The van der Waals surface area contributed by atoms with E-state index in [4.69, 9.17) is 32.7 Å². The van der Waals surface area contributed by atoms with Crippen LogP contribution in [0.1, 0.15) is 21.5 Å². The highest BCUT2D eigenvalue weighted by Gasteiger charge is 2.19. The molecule has 0 saturated carbocycles. The minimum Gasteiger partial charge on any atom is -0.454 e. The van der Waals surface area contributed by atoms with Crippen LogP contribution >= 0.6 is 39.1 Å². The lowest BCUT2D eigenvalue weighted by Gasteiger charge is -2.23. The number of fused-ring (bicyclic) bond motifs is 1. The van der Waals surface area contributed by atoms with E-state index >= 15 is 0 Å². The molecule has 0 aromatic heterocycles. The topological polar surface area (TPSA) is 38.8 Å². The van der Waals surface area contributed by atoms with Crippen molar-refractivity contribution >= 4 is 45.0 Å². The molecule has 1 aliphatic rings. The highest BCUT2D eigenvalue weighted by Crippen LogP contribution is 2.33. The van der Waals surface area contributed by atoms with E-state index < -0.39 is 0 Å². The zero-order valence-corrected chi connectivity index (χ0v) is 19.0. The van der Waals surface area contributed by atoms with Crippen LogP contribution < -0.4 is 9.47 Å². The Morgan fingerprint density at radius 2 is 1.73 bits per heavy atom. The molecule has 1 aliphatic heterocycles. The van der Waals surface area contributed by atoms with Crippen LogP contribution in [0.4, 0.5) is 0 Å². The average Bonchev–Trinajstić information content (AvgIpc) is 3.20. The Hall–Kier alpha value is -2.21. The van der Waals surface area contributed by atoms with E-state index in [9.17, 15) is 4.79 Å². The number of halogens is 3. The molecule has 30 heavy (non-hydrogen) atoms. The van der Waals surface area contributed by atoms with Gasteiger partial charge >= 0.3 is 0 Å². The van der Waals surface area contributed by atoms with Gasteiger partial charge in [-0.1, -0.05) is 51.3 Å². The van der Waals surface area contributed by atoms with Gasteiger partial charge in [0.25, 0.3) is 5.91 Å². The Morgan fingerprint density at radius 1 is 0.967 bits per heavy atom. The van der Waals surface area contributed by atoms with Crippen LogP contribution in [0.3, 0.4) is 0 Å². The number of nitrogens with zero attached hydrogens (tertiary/aromatic N) is 1. The van der Waals surface area contributed by atoms with Gasteiger partial charge in [-0.15, -0.1) is 0 Å². The van der Waals surface area contributed by atoms with Crippen LogP contribution in [0.2, 0.25) is 10.0 Å². The predicted molar refractivity (Wildman–Crippen MR) is 122 cm³/mol. The average molecular weight is 507 g/mol. The maximum Gasteiger partial charge on any atom is 0.254 e. The molecule has 0 saturated heterocycles. The Morgan fingerprint density at radius 3 is 2.50 bits per heavy atom. The molecule has 0 bridgehead atoms. The lowest BCUT2D eigenvalue weighted by molar-refractivity contribution is 0.0745. The van der Waals surface area contributed by atoms with Crippen molar-refractivity contribution in [3.63, 3.8) is 0 Å². The Bertz CT molecular complexity index is 1070. The summed E-state index contributed by atoms with van der Waals surface area (Å²) in [7, 11) is 0. The van der Waals surface area contributed by atoms with Crippen molar-refractivity contribution in [3.8, 4) is 11.5 Å². The quantitative estimate of drug-likeness (QED) is 0.390. The second-order valence-electron chi connectivity index (χ2n) is 6.91. The Balaban J connectivity index is 1.56. The lowest BCUT2D eigenvalue weighted by atomic mass is 10.1. The molecule has 0 radical (unpaired) electrons. The summed E-state index contributed by atoms with van der Waals surface area (Å²) in [5, 5.41) is 1.19. The highest BCUT2D eigenvalue weighted by molar-refractivity contribution is 9.10. The second-order valence-corrected chi connectivity index (χ2v) is 8.67. The molecule has 1 heterocycles. The van der Waals surface area contributed by atoms with Gasteiger partial charge < -0.3 is 14.4 Å². The summed E-state index contributed by atoms with van der Waals surface area (Å²) in [6.45, 7) is 1.16. The van der Waals surface area contributed by atoms with E-state index in [1.165, 1.54) is 0 Å². The molecule has 1 amide bonds. The molecular weight excluding hydrogens is 489 g/mol. The lowest BCUT2D eigenvalue weighted by Crippen LogP contribution is -2.32. The standard InChI is InChI=1S/C23H18BrCl2NO3/c24-18-5-2-17(3-6-18)23(28)27(10-9-16-4-7-19(25)12-20(16)26)13-15-1-8-21-22(11-15)30-14-29-21/h1-8,11-12H,9-10,13-14H2. The van der Waals surface area contributed by atoms with Gasteiger partial charge in [-0.3, -0.25) is 4.79 Å². The first kappa shape index (κ1) is 21.0. The van der Waals surface area contributed by atoms with Gasteiger partial charge in [-0.05, 0) is 66.1 Å². The van der Waals surface area contributed by atoms with Gasteiger partial charge in [0, 0.05) is 33.2 Å². The Kier molecular flexibility index (Phi) is 6.52. The van der Waals surface area contributed by atoms with E-state index in [2.05, 4.69) is 15.9 Å². The summed E-state index contributed by atoms with van der Waals surface area (Å²) in [5.41, 5.74) is 2.54. The summed E-state index contributed by atoms with van der Waals surface area (Å²) in [5.74, 6) is 1.37. The van der Waals surface area contributed by atoms with E-state index in [1.807, 2.05) is 59.5 Å². The van der Waals surface area contributed by atoms with Crippen molar-refractivity contribution in [2.75, 3.05) is 13.3 Å². The summed E-state index contributed by atoms with van der Waals surface area (Å²) < 4.78 is 11.8. The van der Waals surface area contributed by atoms with E-state index in [-0.39, 0.29) is 12.7 Å². The number of hydrogen-bond donors (Lipinski definition) is 0. The third-order valence-corrected chi connectivity index (χ3v) is 5.97. The van der Waals surface area contributed by atoms with Gasteiger partial charge in [-0.25, -0.2) is 0 Å². The van der Waals surface area contributed by atoms with Crippen LogP contribution in [0.15, 0.2) is 65.1 Å². The van der Waals surface area contributed by atoms with Gasteiger partial charge in [0.1, 0.15) is 0 Å². The molecule has 4 rings (SSSR count). The first-order valence-corrected chi connectivity index (χ1v) is 10.9. The van der Waals surface area contributed by atoms with Crippen molar-refractivity contribution in [1.82, 2.24) is 4.90 Å². The van der Waals surface area contributed by atoms with Crippen molar-refractivity contribution in [2.45, 2.75) is 13.0 Å². The van der Waals surface area contributed by atoms with Crippen LogP contribution in [0.5, 0.6) is 11.5 Å². The first-order chi connectivity index (χ1) is 14.5. The zero-order valence-electron chi connectivity index (χ0n) is 15.9. The molecule has 0 aliphatic carbocycles. The number of rotatable bonds is 6. The number of hydrogen-bond acceptors (Lipinski definition) is 3. The molecular formula is C23H18BrCl2NO3. The molecule has 7 heteroatoms. The number of amides is 1. The van der Waals surface area contributed by atoms with Crippen LogP contribution in [0, 0.1) is 0 Å². The summed E-state index contributed by atoms with van der Waals surface area (Å²) >= 11 is 15.7. The Labute approximate surface area is 193 Å². The van der Waals surface area contributed by atoms with Crippen molar-refractivity contribution in [2.24, 2.45) is 0 Å². The fourth-order valence-electron chi connectivity index (χ4n) is 3.27. The maximum atomic E-state index is 13.3. The van der Waals surface area contributed by atoms with E-state index in [0.717, 1.165) is 21.3 Å². The molecule has 0 unspecified atom stereocenters. The summed E-state index contributed by atoms with van der Waals surface area (Å²) in [6, 6.07) is 18.5. The summed E-state index contributed by atoms with van der Waals surface area (Å²) in [4.78, 5) is 15.1. The fraction of sp³-hybridized carbons (Fsp3) is 0.174. The van der Waals surface area contributed by atoms with E-state index in [1.54, 1.807) is 6.07 Å². The third-order valence-electron chi connectivity index (χ3n) is 4.85. The highest BCUT2D eigenvalue weighted by atomic mass is 79.9. The fourth-order valence-corrected chi connectivity index (χ4v) is 4.03. The molecule has 3 aromatic rings. The van der Waals surface area contributed by atoms with E-state index in [0.29, 0.717) is 40.9 Å². The largest absolute Gasteiger partial charge is 0.454 e. The minimum absolute atomic E-state index is 0.0507. The second kappa shape index (κ2) is 9.29. The first-order valence-electron chi connectivity index (χ1n) is 9.37. The number of carbonyl (C=O) groups excluding carboxylic acids is 1. The monoisotopic (exact) mass is 505 g/mol. The molecule has 0 atom stereocenters. The van der Waals surface area contributed by atoms with Crippen molar-refractivity contribution < 1.29 is 14.3 Å².